The number of nitriles is 1. The molecule has 0 amide bonds. The third kappa shape index (κ3) is 3.15. The molecule has 0 unspecified atom stereocenters. The second-order valence-electron chi connectivity index (χ2n) is 7.46. The molecule has 1 atom stereocenters. The maximum atomic E-state index is 9.87. The lowest BCUT2D eigenvalue weighted by atomic mass is 9.83. The number of rotatable bonds is 3. The fourth-order valence-electron chi connectivity index (χ4n) is 4.09. The minimum absolute atomic E-state index is 0.115. The molecule has 0 saturated carbocycles. The van der Waals surface area contributed by atoms with Crippen molar-refractivity contribution >= 4 is 0 Å². The van der Waals surface area contributed by atoms with Gasteiger partial charge in [0.15, 0.2) is 0 Å². The van der Waals surface area contributed by atoms with Gasteiger partial charge < -0.3 is 10.5 Å². The minimum Gasteiger partial charge on any atom is -0.422 e. The number of nitrogens with zero attached hydrogens (tertiary/aromatic N) is 3. The van der Waals surface area contributed by atoms with Crippen molar-refractivity contribution in [2.45, 2.75) is 12.8 Å². The monoisotopic (exact) mass is 404 g/mol. The van der Waals surface area contributed by atoms with E-state index < -0.39 is 0 Å². The third-order valence-electron chi connectivity index (χ3n) is 5.58. The highest BCUT2D eigenvalue weighted by atomic mass is 16.5. The first kappa shape index (κ1) is 18.7. The van der Waals surface area contributed by atoms with Crippen molar-refractivity contribution in [2.75, 3.05) is 0 Å². The molecule has 2 N–H and O–H groups in total. The highest BCUT2D eigenvalue weighted by Gasteiger charge is 2.36. The van der Waals surface area contributed by atoms with Crippen LogP contribution in [0.2, 0.25) is 0 Å². The first-order valence-corrected chi connectivity index (χ1v) is 10.1. The first-order valence-electron chi connectivity index (χ1n) is 10.1. The summed E-state index contributed by atoms with van der Waals surface area (Å²) in [4.78, 5) is 0. The second kappa shape index (κ2) is 7.51. The zero-order valence-electron chi connectivity index (χ0n) is 17.0. The van der Waals surface area contributed by atoms with Crippen LogP contribution in [0, 0.1) is 18.3 Å². The number of fused-ring (bicyclic) bond motifs is 1. The van der Waals surface area contributed by atoms with Crippen molar-refractivity contribution in [3.8, 4) is 28.8 Å². The summed E-state index contributed by atoms with van der Waals surface area (Å²) in [6.07, 6.45) is 0. The zero-order valence-corrected chi connectivity index (χ0v) is 17.0. The van der Waals surface area contributed by atoms with E-state index in [0.717, 1.165) is 33.6 Å². The second-order valence-corrected chi connectivity index (χ2v) is 7.46. The summed E-state index contributed by atoms with van der Waals surface area (Å²) in [6, 6.07) is 30.5. The van der Waals surface area contributed by atoms with Gasteiger partial charge in [-0.3, -0.25) is 0 Å². The van der Waals surface area contributed by atoms with Gasteiger partial charge in [-0.15, -0.1) is 0 Å². The Morgan fingerprint density at radius 3 is 2.16 bits per heavy atom. The van der Waals surface area contributed by atoms with Crippen LogP contribution in [0.3, 0.4) is 0 Å². The number of hydrogen-bond acceptors (Lipinski definition) is 4. The van der Waals surface area contributed by atoms with Crippen molar-refractivity contribution < 1.29 is 4.74 Å². The van der Waals surface area contributed by atoms with Gasteiger partial charge in [-0.2, -0.15) is 10.4 Å². The molecular weight excluding hydrogens is 384 g/mol. The van der Waals surface area contributed by atoms with Crippen LogP contribution < -0.4 is 10.5 Å². The van der Waals surface area contributed by atoms with Crippen LogP contribution in [0.15, 0.2) is 96.4 Å². The van der Waals surface area contributed by atoms with E-state index in [0.29, 0.717) is 11.5 Å². The molecule has 1 aromatic heterocycles. The Kier molecular flexibility index (Phi) is 4.53. The third-order valence-corrected chi connectivity index (χ3v) is 5.58. The number of benzene rings is 3. The molecule has 4 aromatic rings. The van der Waals surface area contributed by atoms with E-state index in [2.05, 4.69) is 30.3 Å². The lowest BCUT2D eigenvalue weighted by Crippen LogP contribution is -2.22. The Hall–Kier alpha value is -4.30. The van der Waals surface area contributed by atoms with Gasteiger partial charge in [-0.25, -0.2) is 4.68 Å². The van der Waals surface area contributed by atoms with Gasteiger partial charge >= 0.3 is 0 Å². The van der Waals surface area contributed by atoms with E-state index in [4.69, 9.17) is 15.6 Å². The number of para-hydroxylation sites is 1. The van der Waals surface area contributed by atoms with Crippen LogP contribution in [0.1, 0.15) is 22.7 Å². The van der Waals surface area contributed by atoms with Crippen LogP contribution >= 0.6 is 0 Å². The quantitative estimate of drug-likeness (QED) is 0.517. The first-order chi connectivity index (χ1) is 15.2. The van der Waals surface area contributed by atoms with Crippen molar-refractivity contribution in [2.24, 2.45) is 5.73 Å². The number of aromatic nitrogens is 2. The van der Waals surface area contributed by atoms with E-state index in [9.17, 15) is 5.26 Å². The van der Waals surface area contributed by atoms with Gasteiger partial charge in [0.1, 0.15) is 11.6 Å². The van der Waals surface area contributed by atoms with E-state index in [1.807, 2.05) is 67.6 Å². The number of allylic oxidation sites excluding steroid dienone is 1. The fraction of sp³-hybridized carbons (Fsp3) is 0.0769. The largest absolute Gasteiger partial charge is 0.422 e. The van der Waals surface area contributed by atoms with E-state index in [-0.39, 0.29) is 11.8 Å². The van der Waals surface area contributed by atoms with Crippen LogP contribution in [-0.2, 0) is 0 Å². The average molecular weight is 404 g/mol. The summed E-state index contributed by atoms with van der Waals surface area (Å²) >= 11 is 0. The lowest BCUT2D eigenvalue weighted by molar-refractivity contribution is 0.367. The summed E-state index contributed by atoms with van der Waals surface area (Å²) in [5.41, 5.74) is 12.4. The normalized spacial score (nSPS) is 15.2. The Bertz CT molecular complexity index is 1310. The highest BCUT2D eigenvalue weighted by molar-refractivity contribution is 5.65. The maximum Gasteiger partial charge on any atom is 0.229 e. The molecule has 0 saturated heterocycles. The molecule has 2 heterocycles. The summed E-state index contributed by atoms with van der Waals surface area (Å²) < 4.78 is 7.67. The molecule has 150 valence electrons. The molecule has 0 fully saturated rings. The summed E-state index contributed by atoms with van der Waals surface area (Å²) in [5.74, 6) is 0.331. The molecule has 0 spiro atoms. The summed E-state index contributed by atoms with van der Waals surface area (Å²) in [6.45, 7) is 1.93. The molecule has 0 aliphatic carbocycles. The smallest absolute Gasteiger partial charge is 0.229 e. The lowest BCUT2D eigenvalue weighted by Gasteiger charge is -2.25. The highest BCUT2D eigenvalue weighted by Crippen LogP contribution is 2.44. The molecule has 5 heteroatoms. The average Bonchev–Trinajstić information content (AvgIpc) is 3.15. The van der Waals surface area contributed by atoms with Crippen LogP contribution in [-0.4, -0.2) is 9.78 Å². The molecular formula is C26H20N4O. The van der Waals surface area contributed by atoms with Crippen molar-refractivity contribution in [3.63, 3.8) is 0 Å². The molecule has 0 radical (unpaired) electrons. The SMILES string of the molecule is Cc1nn(-c2ccccc2)c2c1[C@H](c1ccc(-c3ccccc3)cc1)C(C#N)=C(N)O2. The number of ether oxygens (including phenoxy) is 1. The van der Waals surface area contributed by atoms with Gasteiger partial charge in [0.2, 0.25) is 11.8 Å². The van der Waals surface area contributed by atoms with Gasteiger partial charge in [0.25, 0.3) is 0 Å². The Balaban J connectivity index is 1.64. The molecule has 1 aliphatic rings. The summed E-state index contributed by atoms with van der Waals surface area (Å²) in [7, 11) is 0. The molecule has 5 rings (SSSR count). The van der Waals surface area contributed by atoms with E-state index in [1.165, 1.54) is 0 Å². The number of hydrogen-bond donors (Lipinski definition) is 1. The maximum absolute atomic E-state index is 9.87. The van der Waals surface area contributed by atoms with Crippen LogP contribution in [0.5, 0.6) is 5.88 Å². The van der Waals surface area contributed by atoms with Gasteiger partial charge in [-0.05, 0) is 35.7 Å². The zero-order chi connectivity index (χ0) is 21.4. The number of aryl methyl sites for hydroxylation is 1. The van der Waals surface area contributed by atoms with Crippen molar-refractivity contribution in [1.82, 2.24) is 9.78 Å². The Morgan fingerprint density at radius 2 is 1.52 bits per heavy atom. The van der Waals surface area contributed by atoms with Crippen LogP contribution in [0.25, 0.3) is 16.8 Å². The van der Waals surface area contributed by atoms with Crippen molar-refractivity contribution in [1.29, 1.82) is 5.26 Å². The molecule has 31 heavy (non-hydrogen) atoms. The molecule has 1 aliphatic heterocycles. The standard InChI is InChI=1S/C26H20N4O/c1-17-23-24(20-14-12-19(13-15-20)18-8-4-2-5-9-18)22(16-27)25(28)31-26(23)30(29-17)21-10-6-3-7-11-21/h2-15,24H,28H2,1H3/t24-/m1/s1. The van der Waals surface area contributed by atoms with Crippen molar-refractivity contribution in [3.05, 3.63) is 113 Å². The molecule has 0 bridgehead atoms. The van der Waals surface area contributed by atoms with Gasteiger partial charge in [0, 0.05) is 0 Å². The fourth-order valence-corrected chi connectivity index (χ4v) is 4.09. The molecule has 5 nitrogen and oxygen atoms in total. The Morgan fingerprint density at radius 1 is 0.903 bits per heavy atom. The number of nitrogens with two attached hydrogens (primary N) is 1. The minimum atomic E-state index is -0.337. The van der Waals surface area contributed by atoms with Gasteiger partial charge in [0.05, 0.1) is 22.9 Å². The summed E-state index contributed by atoms with van der Waals surface area (Å²) in [5, 5.41) is 14.6. The molecule has 3 aromatic carbocycles. The van der Waals surface area contributed by atoms with E-state index >= 15 is 0 Å². The predicted octanol–water partition coefficient (Wildman–Crippen LogP) is 5.07. The predicted molar refractivity (Wildman–Crippen MR) is 119 cm³/mol. The van der Waals surface area contributed by atoms with E-state index in [1.54, 1.807) is 4.68 Å². The van der Waals surface area contributed by atoms with Gasteiger partial charge in [-0.1, -0.05) is 72.8 Å². The van der Waals surface area contributed by atoms with Crippen LogP contribution in [0.4, 0.5) is 0 Å². The Labute approximate surface area is 180 Å². The topological polar surface area (TPSA) is 76.9 Å².